The van der Waals surface area contributed by atoms with Gasteiger partial charge in [0.1, 0.15) is 6.61 Å². The molecule has 1 aliphatic carbocycles. The summed E-state index contributed by atoms with van der Waals surface area (Å²) in [6.07, 6.45) is -0.613. The van der Waals surface area contributed by atoms with E-state index in [1.54, 1.807) is 0 Å². The van der Waals surface area contributed by atoms with Crippen molar-refractivity contribution >= 4 is 22.6 Å². The van der Waals surface area contributed by atoms with E-state index in [0.717, 1.165) is 25.7 Å². The van der Waals surface area contributed by atoms with Gasteiger partial charge in [-0.05, 0) is 18.8 Å². The summed E-state index contributed by atoms with van der Waals surface area (Å²) in [6.45, 7) is 0.972. The van der Waals surface area contributed by atoms with Crippen LogP contribution in [0.1, 0.15) is 32.6 Å². The van der Waals surface area contributed by atoms with E-state index in [2.05, 4.69) is 29.5 Å². The summed E-state index contributed by atoms with van der Waals surface area (Å²) in [6, 6.07) is 0. The van der Waals surface area contributed by atoms with Crippen molar-refractivity contribution in [1.82, 2.24) is 0 Å². The summed E-state index contributed by atoms with van der Waals surface area (Å²) in [7, 11) is 0. The summed E-state index contributed by atoms with van der Waals surface area (Å²) >= 11 is 2.13. The molecule has 90 valence electrons. The van der Waals surface area contributed by atoms with Crippen LogP contribution in [0.25, 0.3) is 0 Å². The molecule has 0 bridgehead atoms. The Hall–Kier alpha value is 0.480. The van der Waals surface area contributed by atoms with Crippen LogP contribution >= 0.6 is 22.6 Å². The second-order valence-corrected chi connectivity index (χ2v) is 5.18. The predicted molar refractivity (Wildman–Crippen MR) is 61.3 cm³/mol. The minimum absolute atomic E-state index is 0.474. The second-order valence-electron chi connectivity index (χ2n) is 4.42. The highest BCUT2D eigenvalue weighted by molar-refractivity contribution is 14.1. The van der Waals surface area contributed by atoms with Crippen molar-refractivity contribution < 1.29 is 17.9 Å². The van der Waals surface area contributed by atoms with E-state index < -0.39 is 18.4 Å². The van der Waals surface area contributed by atoms with Crippen LogP contribution in [0.4, 0.5) is 13.2 Å². The van der Waals surface area contributed by atoms with Crippen LogP contribution in [0.3, 0.4) is 0 Å². The van der Waals surface area contributed by atoms with Crippen molar-refractivity contribution in [2.24, 2.45) is 5.92 Å². The largest absolute Gasteiger partial charge is 0.411 e. The van der Waals surface area contributed by atoms with E-state index in [4.69, 9.17) is 4.74 Å². The van der Waals surface area contributed by atoms with E-state index in [1.165, 1.54) is 0 Å². The first-order chi connectivity index (χ1) is 6.87. The molecule has 2 atom stereocenters. The molecule has 0 radical (unpaired) electrons. The van der Waals surface area contributed by atoms with Gasteiger partial charge >= 0.3 is 6.18 Å². The molecule has 0 aromatic rings. The highest BCUT2D eigenvalue weighted by atomic mass is 127. The number of hydrogen-bond acceptors (Lipinski definition) is 1. The van der Waals surface area contributed by atoms with Crippen molar-refractivity contribution in [3.8, 4) is 0 Å². The lowest BCUT2D eigenvalue weighted by atomic mass is 9.80. The van der Waals surface area contributed by atoms with Crippen molar-refractivity contribution in [3.63, 3.8) is 0 Å². The van der Waals surface area contributed by atoms with Gasteiger partial charge in [0.25, 0.3) is 0 Å². The molecule has 1 fully saturated rings. The van der Waals surface area contributed by atoms with Gasteiger partial charge in [-0.1, -0.05) is 42.4 Å². The van der Waals surface area contributed by atoms with Gasteiger partial charge in [0, 0.05) is 4.43 Å². The Kier molecular flexibility index (Phi) is 4.70. The van der Waals surface area contributed by atoms with Gasteiger partial charge in [0.05, 0.1) is 5.60 Å². The standard InChI is InChI=1S/C10H16F3IO/c1-8-3-2-4-9(5-8,6-14)15-7-10(11,12)13/h8H,2-7H2,1H3. The van der Waals surface area contributed by atoms with Crippen LogP contribution in [0.2, 0.25) is 0 Å². The quantitative estimate of drug-likeness (QED) is 0.560. The van der Waals surface area contributed by atoms with Gasteiger partial charge in [0.15, 0.2) is 0 Å². The smallest absolute Gasteiger partial charge is 0.365 e. The average Bonchev–Trinajstić information content (AvgIpc) is 2.14. The van der Waals surface area contributed by atoms with Crippen LogP contribution in [0.5, 0.6) is 0 Å². The molecule has 15 heavy (non-hydrogen) atoms. The molecule has 0 amide bonds. The molecular formula is C10H16F3IO. The summed E-state index contributed by atoms with van der Waals surface area (Å²) in [4.78, 5) is 0. The van der Waals surface area contributed by atoms with Crippen LogP contribution in [0, 0.1) is 5.92 Å². The zero-order chi connectivity index (χ0) is 11.5. The van der Waals surface area contributed by atoms with Crippen LogP contribution in [-0.4, -0.2) is 22.8 Å². The Morgan fingerprint density at radius 2 is 2.13 bits per heavy atom. The Morgan fingerprint density at radius 1 is 1.47 bits per heavy atom. The van der Waals surface area contributed by atoms with Crippen molar-refractivity contribution in [3.05, 3.63) is 0 Å². The molecule has 1 rings (SSSR count). The fourth-order valence-electron chi connectivity index (χ4n) is 2.14. The lowest BCUT2D eigenvalue weighted by Crippen LogP contribution is -2.41. The van der Waals surface area contributed by atoms with Gasteiger partial charge in [-0.3, -0.25) is 0 Å². The molecule has 0 spiro atoms. The number of ether oxygens (including phenoxy) is 1. The van der Waals surface area contributed by atoms with Gasteiger partial charge < -0.3 is 4.74 Å². The zero-order valence-corrected chi connectivity index (χ0v) is 10.9. The van der Waals surface area contributed by atoms with Crippen molar-refractivity contribution in [2.45, 2.75) is 44.4 Å². The first kappa shape index (κ1) is 13.5. The highest BCUT2D eigenvalue weighted by Crippen LogP contribution is 2.37. The summed E-state index contributed by atoms with van der Waals surface area (Å²) in [5.74, 6) is 0.474. The third-order valence-corrected chi connectivity index (χ3v) is 4.23. The molecule has 0 aromatic heterocycles. The van der Waals surface area contributed by atoms with Crippen LogP contribution < -0.4 is 0 Å². The predicted octanol–water partition coefficient (Wildman–Crippen LogP) is 3.95. The summed E-state index contributed by atoms with van der Waals surface area (Å²) < 4.78 is 42.0. The Labute approximate surface area is 102 Å². The van der Waals surface area contributed by atoms with E-state index >= 15 is 0 Å². The SMILES string of the molecule is CC1CCCC(CI)(OCC(F)(F)F)C1. The van der Waals surface area contributed by atoms with Crippen molar-refractivity contribution in [1.29, 1.82) is 0 Å². The minimum Gasteiger partial charge on any atom is -0.365 e. The second kappa shape index (κ2) is 5.21. The monoisotopic (exact) mass is 336 g/mol. The number of alkyl halides is 4. The molecule has 0 heterocycles. The normalized spacial score (nSPS) is 33.0. The molecule has 0 aromatic carbocycles. The molecule has 2 unspecified atom stereocenters. The lowest BCUT2D eigenvalue weighted by molar-refractivity contribution is -0.207. The van der Waals surface area contributed by atoms with Crippen molar-refractivity contribution in [2.75, 3.05) is 11.0 Å². The highest BCUT2D eigenvalue weighted by Gasteiger charge is 2.39. The van der Waals surface area contributed by atoms with Crippen LogP contribution in [0.15, 0.2) is 0 Å². The fraction of sp³-hybridized carbons (Fsp3) is 1.00. The van der Waals surface area contributed by atoms with Gasteiger partial charge in [0.2, 0.25) is 0 Å². The average molecular weight is 336 g/mol. The first-order valence-electron chi connectivity index (χ1n) is 5.14. The summed E-state index contributed by atoms with van der Waals surface area (Å²) in [5, 5.41) is 0. The van der Waals surface area contributed by atoms with Gasteiger partial charge in [-0.15, -0.1) is 0 Å². The molecule has 1 saturated carbocycles. The Morgan fingerprint density at radius 3 is 2.60 bits per heavy atom. The van der Waals surface area contributed by atoms with E-state index in [0.29, 0.717) is 10.3 Å². The third kappa shape index (κ3) is 4.46. The first-order valence-corrected chi connectivity index (χ1v) is 6.66. The third-order valence-electron chi connectivity index (χ3n) is 2.84. The maximum atomic E-state index is 12.1. The van der Waals surface area contributed by atoms with Gasteiger partial charge in [-0.2, -0.15) is 13.2 Å². The number of halogens is 4. The maximum Gasteiger partial charge on any atom is 0.411 e. The molecular weight excluding hydrogens is 320 g/mol. The summed E-state index contributed by atoms with van der Waals surface area (Å²) in [5.41, 5.74) is -0.534. The zero-order valence-electron chi connectivity index (χ0n) is 8.74. The molecule has 0 N–H and O–H groups in total. The van der Waals surface area contributed by atoms with E-state index in [1.807, 2.05) is 0 Å². The molecule has 1 nitrogen and oxygen atoms in total. The number of rotatable bonds is 3. The minimum atomic E-state index is -4.21. The topological polar surface area (TPSA) is 9.23 Å². The van der Waals surface area contributed by atoms with Crippen LogP contribution in [-0.2, 0) is 4.74 Å². The maximum absolute atomic E-state index is 12.1. The fourth-order valence-corrected chi connectivity index (χ4v) is 3.05. The lowest BCUT2D eigenvalue weighted by Gasteiger charge is -2.38. The Bertz CT molecular complexity index is 207. The number of hydrogen-bond donors (Lipinski definition) is 0. The van der Waals surface area contributed by atoms with E-state index in [-0.39, 0.29) is 0 Å². The molecule has 0 aliphatic heterocycles. The molecule has 1 aliphatic rings. The van der Waals surface area contributed by atoms with E-state index in [9.17, 15) is 13.2 Å². The molecule has 5 heteroatoms. The molecule has 0 saturated heterocycles. The van der Waals surface area contributed by atoms with Gasteiger partial charge in [-0.25, -0.2) is 0 Å². The Balaban J connectivity index is 2.52.